The third-order valence-corrected chi connectivity index (χ3v) is 4.31. The van der Waals surface area contributed by atoms with E-state index < -0.39 is 0 Å². The van der Waals surface area contributed by atoms with Crippen LogP contribution in [0.3, 0.4) is 0 Å². The van der Waals surface area contributed by atoms with E-state index in [9.17, 15) is 9.59 Å². The SMILES string of the molecule is Cc1nc(-c2ccccc2)c(C(=O)NCC(=O)NC2CC2)s1. The number of benzene rings is 1. The van der Waals surface area contributed by atoms with Crippen LogP contribution in [0.15, 0.2) is 30.3 Å². The van der Waals surface area contributed by atoms with Gasteiger partial charge in [0.05, 0.1) is 17.2 Å². The largest absolute Gasteiger partial charge is 0.352 e. The Morgan fingerprint density at radius 2 is 2.00 bits per heavy atom. The summed E-state index contributed by atoms with van der Waals surface area (Å²) in [5.74, 6) is -0.395. The van der Waals surface area contributed by atoms with Crippen LogP contribution in [-0.4, -0.2) is 29.4 Å². The number of carbonyl (C=O) groups is 2. The number of thiazole rings is 1. The zero-order valence-corrected chi connectivity index (χ0v) is 13.1. The van der Waals surface area contributed by atoms with Gasteiger partial charge in [-0.1, -0.05) is 30.3 Å². The highest BCUT2D eigenvalue weighted by Gasteiger charge is 2.24. The van der Waals surface area contributed by atoms with Crippen molar-refractivity contribution in [3.05, 3.63) is 40.2 Å². The van der Waals surface area contributed by atoms with Gasteiger partial charge < -0.3 is 10.6 Å². The summed E-state index contributed by atoms with van der Waals surface area (Å²) in [6, 6.07) is 9.89. The molecule has 22 heavy (non-hydrogen) atoms. The maximum absolute atomic E-state index is 12.3. The minimum Gasteiger partial charge on any atom is -0.352 e. The number of rotatable bonds is 5. The molecule has 2 N–H and O–H groups in total. The Bertz CT molecular complexity index is 693. The molecule has 6 heteroatoms. The van der Waals surface area contributed by atoms with Crippen molar-refractivity contribution in [3.63, 3.8) is 0 Å². The van der Waals surface area contributed by atoms with Gasteiger partial charge in [-0.05, 0) is 19.8 Å². The fraction of sp³-hybridized carbons (Fsp3) is 0.312. The molecular weight excluding hydrogens is 298 g/mol. The second-order valence-corrected chi connectivity index (χ2v) is 6.50. The van der Waals surface area contributed by atoms with E-state index in [1.165, 1.54) is 11.3 Å². The van der Waals surface area contributed by atoms with Crippen LogP contribution in [-0.2, 0) is 4.79 Å². The molecule has 1 aliphatic carbocycles. The molecule has 1 aliphatic rings. The summed E-state index contributed by atoms with van der Waals surface area (Å²) in [6.45, 7) is 1.87. The van der Waals surface area contributed by atoms with Crippen LogP contribution in [0.2, 0.25) is 0 Å². The molecule has 2 aromatic rings. The lowest BCUT2D eigenvalue weighted by Crippen LogP contribution is -2.37. The van der Waals surface area contributed by atoms with Gasteiger partial charge in [0.25, 0.3) is 5.91 Å². The van der Waals surface area contributed by atoms with Crippen molar-refractivity contribution in [2.75, 3.05) is 6.54 Å². The molecule has 1 saturated carbocycles. The van der Waals surface area contributed by atoms with Gasteiger partial charge in [-0.15, -0.1) is 11.3 Å². The van der Waals surface area contributed by atoms with Crippen molar-refractivity contribution in [1.82, 2.24) is 15.6 Å². The number of carbonyl (C=O) groups excluding carboxylic acids is 2. The van der Waals surface area contributed by atoms with Crippen LogP contribution in [0, 0.1) is 6.92 Å². The van der Waals surface area contributed by atoms with Crippen LogP contribution in [0.4, 0.5) is 0 Å². The Kier molecular flexibility index (Phi) is 4.20. The third-order valence-electron chi connectivity index (χ3n) is 3.34. The highest BCUT2D eigenvalue weighted by molar-refractivity contribution is 7.14. The second kappa shape index (κ2) is 6.27. The van der Waals surface area contributed by atoms with Gasteiger partial charge in [-0.3, -0.25) is 9.59 Å². The lowest BCUT2D eigenvalue weighted by molar-refractivity contribution is -0.120. The maximum Gasteiger partial charge on any atom is 0.264 e. The molecule has 114 valence electrons. The minimum absolute atomic E-state index is 0.000507. The molecule has 0 unspecified atom stereocenters. The number of aryl methyl sites for hydroxylation is 1. The van der Waals surface area contributed by atoms with Crippen LogP contribution in [0.1, 0.15) is 27.5 Å². The van der Waals surface area contributed by atoms with Gasteiger partial charge >= 0.3 is 0 Å². The number of nitrogens with zero attached hydrogens (tertiary/aromatic N) is 1. The summed E-state index contributed by atoms with van der Waals surface area (Å²) in [7, 11) is 0. The van der Waals surface area contributed by atoms with Gasteiger partial charge in [-0.25, -0.2) is 4.98 Å². The van der Waals surface area contributed by atoms with Crippen molar-refractivity contribution in [3.8, 4) is 11.3 Å². The minimum atomic E-state index is -0.254. The topological polar surface area (TPSA) is 71.1 Å². The maximum atomic E-state index is 12.3. The number of aromatic nitrogens is 1. The molecule has 0 saturated heterocycles. The molecule has 0 spiro atoms. The molecule has 1 fully saturated rings. The fourth-order valence-electron chi connectivity index (χ4n) is 2.12. The van der Waals surface area contributed by atoms with E-state index in [4.69, 9.17) is 0 Å². The van der Waals surface area contributed by atoms with E-state index in [2.05, 4.69) is 15.6 Å². The van der Waals surface area contributed by atoms with Gasteiger partial charge in [0.2, 0.25) is 5.91 Å². The average molecular weight is 315 g/mol. The highest BCUT2D eigenvalue weighted by atomic mass is 32.1. The first-order valence-electron chi connectivity index (χ1n) is 7.24. The Hall–Kier alpha value is -2.21. The first-order chi connectivity index (χ1) is 10.6. The zero-order valence-electron chi connectivity index (χ0n) is 12.3. The van der Waals surface area contributed by atoms with E-state index in [-0.39, 0.29) is 18.4 Å². The summed E-state index contributed by atoms with van der Waals surface area (Å²) in [4.78, 5) is 29.0. The molecule has 1 aromatic heterocycles. The van der Waals surface area contributed by atoms with Crippen molar-refractivity contribution in [2.24, 2.45) is 0 Å². The van der Waals surface area contributed by atoms with E-state index in [1.807, 2.05) is 37.3 Å². The van der Waals surface area contributed by atoms with Gasteiger partial charge in [0, 0.05) is 11.6 Å². The number of hydrogen-bond donors (Lipinski definition) is 2. The molecule has 3 rings (SSSR count). The van der Waals surface area contributed by atoms with Gasteiger partial charge in [0.1, 0.15) is 4.88 Å². The summed E-state index contributed by atoms with van der Waals surface area (Å²) in [6.07, 6.45) is 2.07. The molecule has 5 nitrogen and oxygen atoms in total. The summed E-state index contributed by atoms with van der Waals surface area (Å²) < 4.78 is 0. The predicted octanol–water partition coefficient (Wildman–Crippen LogP) is 2.13. The van der Waals surface area contributed by atoms with Crippen molar-refractivity contribution in [1.29, 1.82) is 0 Å². The lowest BCUT2D eigenvalue weighted by Gasteiger charge is -2.06. The summed E-state index contributed by atoms with van der Waals surface area (Å²) >= 11 is 1.34. The molecule has 1 heterocycles. The van der Waals surface area contributed by atoms with Crippen LogP contribution < -0.4 is 10.6 Å². The lowest BCUT2D eigenvalue weighted by atomic mass is 10.1. The highest BCUT2D eigenvalue weighted by Crippen LogP contribution is 2.27. The predicted molar refractivity (Wildman–Crippen MR) is 85.8 cm³/mol. The van der Waals surface area contributed by atoms with Crippen LogP contribution in [0.25, 0.3) is 11.3 Å². The first kappa shape index (κ1) is 14.7. The zero-order chi connectivity index (χ0) is 15.5. The quantitative estimate of drug-likeness (QED) is 0.888. The summed E-state index contributed by atoms with van der Waals surface area (Å²) in [5.41, 5.74) is 1.57. The third kappa shape index (κ3) is 3.51. The molecule has 0 aliphatic heterocycles. The van der Waals surface area contributed by atoms with E-state index in [1.54, 1.807) is 0 Å². The normalized spacial score (nSPS) is 13.7. The summed E-state index contributed by atoms with van der Waals surface area (Å²) in [5, 5.41) is 6.35. The fourth-order valence-corrected chi connectivity index (χ4v) is 2.98. The molecule has 0 bridgehead atoms. The molecule has 2 amide bonds. The van der Waals surface area contributed by atoms with E-state index in [0.29, 0.717) is 16.6 Å². The van der Waals surface area contributed by atoms with E-state index in [0.717, 1.165) is 23.4 Å². The van der Waals surface area contributed by atoms with Gasteiger partial charge in [-0.2, -0.15) is 0 Å². The Morgan fingerprint density at radius 3 is 2.68 bits per heavy atom. The Morgan fingerprint density at radius 1 is 1.27 bits per heavy atom. The van der Waals surface area contributed by atoms with E-state index >= 15 is 0 Å². The van der Waals surface area contributed by atoms with Crippen molar-refractivity contribution >= 4 is 23.2 Å². The smallest absolute Gasteiger partial charge is 0.264 e. The number of hydrogen-bond acceptors (Lipinski definition) is 4. The second-order valence-electron chi connectivity index (χ2n) is 5.30. The number of amides is 2. The monoisotopic (exact) mass is 315 g/mol. The molecule has 0 radical (unpaired) electrons. The average Bonchev–Trinajstić information content (AvgIpc) is 3.24. The van der Waals surface area contributed by atoms with Crippen LogP contribution >= 0.6 is 11.3 Å². The van der Waals surface area contributed by atoms with Crippen molar-refractivity contribution < 1.29 is 9.59 Å². The van der Waals surface area contributed by atoms with Crippen LogP contribution in [0.5, 0.6) is 0 Å². The first-order valence-corrected chi connectivity index (χ1v) is 8.05. The molecular formula is C16H17N3O2S. The van der Waals surface area contributed by atoms with Crippen molar-refractivity contribution in [2.45, 2.75) is 25.8 Å². The molecule has 1 aromatic carbocycles. The Labute approximate surface area is 132 Å². The Balaban J connectivity index is 1.70. The van der Waals surface area contributed by atoms with Gasteiger partial charge in [0.15, 0.2) is 0 Å². The number of nitrogens with one attached hydrogen (secondary N) is 2. The standard InChI is InChI=1S/C16H17N3O2S/c1-10-18-14(11-5-3-2-4-6-11)15(22-10)16(21)17-9-13(20)19-12-7-8-12/h2-6,12H,7-9H2,1H3,(H,17,21)(H,19,20). The molecule has 0 atom stereocenters.